The van der Waals surface area contributed by atoms with Gasteiger partial charge in [0, 0.05) is 17.8 Å². The maximum Gasteiger partial charge on any atom is 0.246 e. The number of rotatable bonds is 6. The van der Waals surface area contributed by atoms with Crippen molar-refractivity contribution in [2.45, 2.75) is 89.3 Å². The van der Waals surface area contributed by atoms with E-state index in [4.69, 9.17) is 4.98 Å². The number of H-pyrrole nitrogens is 1. The Bertz CT molecular complexity index is 1060. The molecular weight excluding hydrogens is 438 g/mol. The number of fused-ring (bicyclic) bond motifs is 3. The zero-order valence-electron chi connectivity index (χ0n) is 21.1. The highest BCUT2D eigenvalue weighted by atomic mass is 16.2. The minimum atomic E-state index is -0.470. The lowest BCUT2D eigenvalue weighted by Gasteiger charge is -2.33. The van der Waals surface area contributed by atoms with E-state index in [-0.39, 0.29) is 29.8 Å². The van der Waals surface area contributed by atoms with E-state index >= 15 is 0 Å². The van der Waals surface area contributed by atoms with Crippen molar-refractivity contribution < 1.29 is 9.59 Å². The molecule has 1 aromatic carbocycles. The molecule has 2 heterocycles. The summed E-state index contributed by atoms with van der Waals surface area (Å²) in [6, 6.07) is 7.63. The number of hydrogen-bond donors (Lipinski definition) is 3. The van der Waals surface area contributed by atoms with E-state index in [2.05, 4.69) is 39.9 Å². The molecule has 7 heteroatoms. The standard InChI is InChI=1S/C28H39N5O2/c1-18(29-2)27(34)32-24(20-11-5-3-4-6-12-20)28(35)33-17-9-14-23(33)26-30-22-16-15-19-10-7-8-13-21(19)25(22)31-26/h7-8,10,13,18,20,23-24,29H,3-6,9,11-12,14-17H2,1-2H3,(H,30,31)(H,32,34)/t18-,23?,24+/m0/s1. The van der Waals surface area contributed by atoms with Gasteiger partial charge in [0.25, 0.3) is 0 Å². The van der Waals surface area contributed by atoms with Crippen LogP contribution in [-0.4, -0.2) is 52.4 Å². The fourth-order valence-electron chi connectivity index (χ4n) is 6.15. The number of carbonyl (C=O) groups is 2. The van der Waals surface area contributed by atoms with Crippen LogP contribution in [0.4, 0.5) is 0 Å². The Balaban J connectivity index is 1.41. The molecule has 0 bridgehead atoms. The van der Waals surface area contributed by atoms with E-state index in [9.17, 15) is 9.59 Å². The topological polar surface area (TPSA) is 90.1 Å². The lowest BCUT2D eigenvalue weighted by atomic mass is 9.90. The molecule has 1 aromatic heterocycles. The Morgan fingerprint density at radius 3 is 2.60 bits per heavy atom. The molecule has 3 N–H and O–H groups in total. The number of aromatic amines is 1. The monoisotopic (exact) mass is 477 g/mol. The van der Waals surface area contributed by atoms with Crippen molar-refractivity contribution in [1.82, 2.24) is 25.5 Å². The second-order valence-electron chi connectivity index (χ2n) is 10.5. The van der Waals surface area contributed by atoms with Crippen LogP contribution < -0.4 is 10.6 Å². The summed E-state index contributed by atoms with van der Waals surface area (Å²) < 4.78 is 0. The van der Waals surface area contributed by atoms with Crippen molar-refractivity contribution in [3.63, 3.8) is 0 Å². The minimum Gasteiger partial charge on any atom is -0.344 e. The molecule has 1 unspecified atom stereocenters. The summed E-state index contributed by atoms with van der Waals surface area (Å²) in [5.41, 5.74) is 4.76. The zero-order chi connectivity index (χ0) is 24.4. The van der Waals surface area contributed by atoms with Gasteiger partial charge in [-0.05, 0) is 64.0 Å². The number of aromatic nitrogens is 2. The van der Waals surface area contributed by atoms with Crippen molar-refractivity contribution >= 4 is 11.8 Å². The summed E-state index contributed by atoms with van der Waals surface area (Å²) in [5, 5.41) is 6.16. The van der Waals surface area contributed by atoms with Gasteiger partial charge in [0.1, 0.15) is 11.9 Å². The molecule has 2 amide bonds. The molecule has 0 radical (unpaired) electrons. The maximum atomic E-state index is 14.1. The Labute approximate surface area is 208 Å². The summed E-state index contributed by atoms with van der Waals surface area (Å²) >= 11 is 0. The van der Waals surface area contributed by atoms with E-state index in [1.165, 1.54) is 29.7 Å². The minimum absolute atomic E-state index is 0.0609. The summed E-state index contributed by atoms with van der Waals surface area (Å²) in [6.45, 7) is 2.56. The predicted molar refractivity (Wildman–Crippen MR) is 137 cm³/mol. The summed E-state index contributed by atoms with van der Waals surface area (Å²) in [7, 11) is 1.78. The number of amides is 2. The number of aryl methyl sites for hydroxylation is 2. The number of hydrogen-bond acceptors (Lipinski definition) is 4. The van der Waals surface area contributed by atoms with Crippen LogP contribution >= 0.6 is 0 Å². The predicted octanol–water partition coefficient (Wildman–Crippen LogP) is 3.90. The Kier molecular flexibility index (Phi) is 7.23. The molecule has 1 saturated heterocycles. The molecule has 2 aliphatic carbocycles. The van der Waals surface area contributed by atoms with E-state index < -0.39 is 6.04 Å². The van der Waals surface area contributed by atoms with E-state index in [1.807, 2.05) is 11.8 Å². The van der Waals surface area contributed by atoms with Gasteiger partial charge in [-0.15, -0.1) is 0 Å². The highest BCUT2D eigenvalue weighted by Crippen LogP contribution is 2.37. The van der Waals surface area contributed by atoms with Gasteiger partial charge in [0.05, 0.1) is 17.8 Å². The molecule has 2 fully saturated rings. The number of likely N-dealkylation sites (tertiary alicyclic amines) is 1. The molecule has 7 nitrogen and oxygen atoms in total. The molecule has 5 rings (SSSR count). The fraction of sp³-hybridized carbons (Fsp3) is 0.607. The van der Waals surface area contributed by atoms with Crippen LogP contribution in [-0.2, 0) is 22.4 Å². The molecule has 188 valence electrons. The van der Waals surface area contributed by atoms with Crippen molar-refractivity contribution in [3.8, 4) is 11.3 Å². The normalized spacial score (nSPS) is 22.1. The van der Waals surface area contributed by atoms with Gasteiger partial charge < -0.3 is 20.5 Å². The molecule has 0 spiro atoms. The molecule has 1 aliphatic heterocycles. The summed E-state index contributed by atoms with van der Waals surface area (Å²) in [6.07, 6.45) is 10.5. The number of benzene rings is 1. The van der Waals surface area contributed by atoms with Gasteiger partial charge in [-0.3, -0.25) is 9.59 Å². The van der Waals surface area contributed by atoms with E-state index in [1.54, 1.807) is 7.05 Å². The molecule has 35 heavy (non-hydrogen) atoms. The van der Waals surface area contributed by atoms with Crippen LogP contribution in [0.3, 0.4) is 0 Å². The van der Waals surface area contributed by atoms with Gasteiger partial charge >= 0.3 is 0 Å². The second kappa shape index (κ2) is 10.5. The van der Waals surface area contributed by atoms with Gasteiger partial charge in [-0.2, -0.15) is 0 Å². The van der Waals surface area contributed by atoms with Gasteiger partial charge in [0.15, 0.2) is 0 Å². The molecule has 1 saturated carbocycles. The van der Waals surface area contributed by atoms with Crippen LogP contribution in [0.5, 0.6) is 0 Å². The summed E-state index contributed by atoms with van der Waals surface area (Å²) in [5.74, 6) is 1.05. The van der Waals surface area contributed by atoms with Crippen LogP contribution in [0.15, 0.2) is 24.3 Å². The number of carbonyl (C=O) groups excluding carboxylic acids is 2. The maximum absolute atomic E-state index is 14.1. The molecule has 2 aromatic rings. The first-order valence-electron chi connectivity index (χ1n) is 13.5. The van der Waals surface area contributed by atoms with Crippen LogP contribution in [0, 0.1) is 5.92 Å². The first kappa shape index (κ1) is 24.0. The SMILES string of the molecule is CN[C@@H](C)C(=O)N[C@@H](C(=O)N1CCCC1c1nc2c([nH]1)CCc1ccccc1-2)C1CCCCCC1. The smallest absolute Gasteiger partial charge is 0.246 e. The fourth-order valence-corrected chi connectivity index (χ4v) is 6.15. The first-order chi connectivity index (χ1) is 17.1. The molecule has 3 atom stereocenters. The number of imidazole rings is 1. The third kappa shape index (κ3) is 4.88. The zero-order valence-corrected chi connectivity index (χ0v) is 21.1. The van der Waals surface area contributed by atoms with Crippen molar-refractivity contribution in [2.24, 2.45) is 5.92 Å². The van der Waals surface area contributed by atoms with Crippen molar-refractivity contribution in [2.75, 3.05) is 13.6 Å². The van der Waals surface area contributed by atoms with Gasteiger partial charge in [0.2, 0.25) is 11.8 Å². The van der Waals surface area contributed by atoms with E-state index in [0.717, 1.165) is 62.9 Å². The highest BCUT2D eigenvalue weighted by molar-refractivity contribution is 5.90. The number of nitrogens with zero attached hydrogens (tertiary/aromatic N) is 2. The Hall–Kier alpha value is -2.67. The lowest BCUT2D eigenvalue weighted by Crippen LogP contribution is -2.55. The lowest BCUT2D eigenvalue weighted by molar-refractivity contribution is -0.139. The largest absolute Gasteiger partial charge is 0.344 e. The van der Waals surface area contributed by atoms with Crippen LogP contribution in [0.2, 0.25) is 0 Å². The molecular formula is C28H39N5O2. The Morgan fingerprint density at radius 2 is 1.83 bits per heavy atom. The average molecular weight is 478 g/mol. The third-order valence-corrected chi connectivity index (χ3v) is 8.33. The van der Waals surface area contributed by atoms with Crippen LogP contribution in [0.1, 0.15) is 81.4 Å². The van der Waals surface area contributed by atoms with Crippen molar-refractivity contribution in [3.05, 3.63) is 41.3 Å². The quantitative estimate of drug-likeness (QED) is 0.551. The highest BCUT2D eigenvalue weighted by Gasteiger charge is 2.40. The van der Waals surface area contributed by atoms with Crippen molar-refractivity contribution in [1.29, 1.82) is 0 Å². The third-order valence-electron chi connectivity index (χ3n) is 8.33. The van der Waals surface area contributed by atoms with Crippen LogP contribution in [0.25, 0.3) is 11.3 Å². The Morgan fingerprint density at radius 1 is 1.06 bits per heavy atom. The van der Waals surface area contributed by atoms with E-state index in [0.29, 0.717) is 6.54 Å². The number of nitrogens with one attached hydrogen (secondary N) is 3. The van der Waals surface area contributed by atoms with Gasteiger partial charge in [-0.1, -0.05) is 49.9 Å². The first-order valence-corrected chi connectivity index (χ1v) is 13.5. The molecule has 3 aliphatic rings. The number of likely N-dealkylation sites (N-methyl/N-ethyl adjacent to an activating group) is 1. The van der Waals surface area contributed by atoms with Gasteiger partial charge in [-0.25, -0.2) is 4.98 Å². The second-order valence-corrected chi connectivity index (χ2v) is 10.5. The average Bonchev–Trinajstić information content (AvgIpc) is 3.46. The summed E-state index contributed by atoms with van der Waals surface area (Å²) in [4.78, 5) is 37.6.